The lowest BCUT2D eigenvalue weighted by Crippen LogP contribution is -2.27. The molecule has 1 N–H and O–H groups in total. The monoisotopic (exact) mass is 301 g/mol. The molecule has 2 rings (SSSR count). The lowest BCUT2D eigenvalue weighted by atomic mass is 10.1. The molecule has 0 aliphatic carbocycles. The van der Waals surface area contributed by atoms with Crippen LogP contribution in [0.15, 0.2) is 41.2 Å². The van der Waals surface area contributed by atoms with E-state index in [0.29, 0.717) is 12.2 Å². The maximum absolute atomic E-state index is 12.6. The maximum atomic E-state index is 12.6. The Morgan fingerprint density at radius 3 is 2.55 bits per heavy atom. The first-order valence-corrected chi connectivity index (χ1v) is 7.71. The number of aliphatic hydroxyl groups excluding tert-OH is 1. The molecular weight excluding hydrogens is 278 g/mol. The number of benzene rings is 1. The Hall–Kier alpha value is -2.07. The first kappa shape index (κ1) is 16.3. The largest absolute Gasteiger partial charge is 0.493 e. The van der Waals surface area contributed by atoms with Crippen molar-refractivity contribution in [3.63, 3.8) is 0 Å². The standard InChI is InChI=1S/C18H23NO3/c1-4-13(3)19-16(11-10-14(12-20)18(19)21)15-8-6-7-9-17(15)22-5-2/h6-11,13,20H,4-5,12H2,1-3H3. The Morgan fingerprint density at radius 1 is 1.18 bits per heavy atom. The highest BCUT2D eigenvalue weighted by atomic mass is 16.5. The number of aromatic nitrogens is 1. The van der Waals surface area contributed by atoms with Crippen LogP contribution in [0.25, 0.3) is 11.3 Å². The zero-order valence-corrected chi connectivity index (χ0v) is 13.4. The number of nitrogens with zero attached hydrogens (tertiary/aromatic N) is 1. The third-order valence-corrected chi connectivity index (χ3v) is 3.86. The predicted molar refractivity (Wildman–Crippen MR) is 88.2 cm³/mol. The Morgan fingerprint density at radius 2 is 1.91 bits per heavy atom. The Labute approximate surface area is 131 Å². The fourth-order valence-electron chi connectivity index (χ4n) is 2.51. The van der Waals surface area contributed by atoms with Gasteiger partial charge in [0.25, 0.3) is 5.56 Å². The van der Waals surface area contributed by atoms with E-state index in [4.69, 9.17) is 4.74 Å². The molecule has 0 saturated heterocycles. The molecule has 0 amide bonds. The molecule has 0 aliphatic rings. The van der Waals surface area contributed by atoms with Gasteiger partial charge in [0.1, 0.15) is 5.75 Å². The molecule has 0 spiro atoms. The van der Waals surface area contributed by atoms with Crippen LogP contribution in [-0.4, -0.2) is 16.3 Å². The number of rotatable bonds is 6. The molecule has 22 heavy (non-hydrogen) atoms. The van der Waals surface area contributed by atoms with Gasteiger partial charge >= 0.3 is 0 Å². The molecule has 0 aliphatic heterocycles. The van der Waals surface area contributed by atoms with Gasteiger partial charge in [-0.2, -0.15) is 0 Å². The van der Waals surface area contributed by atoms with E-state index in [-0.39, 0.29) is 18.2 Å². The quantitative estimate of drug-likeness (QED) is 0.890. The first-order chi connectivity index (χ1) is 10.6. The minimum Gasteiger partial charge on any atom is -0.493 e. The summed E-state index contributed by atoms with van der Waals surface area (Å²) in [5.41, 5.74) is 1.99. The number of pyridine rings is 1. The SMILES string of the molecule is CCOc1ccccc1-c1ccc(CO)c(=O)n1C(C)CC. The van der Waals surface area contributed by atoms with Gasteiger partial charge in [-0.05, 0) is 44.5 Å². The summed E-state index contributed by atoms with van der Waals surface area (Å²) in [6.07, 6.45) is 0.832. The summed E-state index contributed by atoms with van der Waals surface area (Å²) in [6, 6.07) is 11.3. The van der Waals surface area contributed by atoms with E-state index in [1.54, 1.807) is 10.6 Å². The number of aliphatic hydroxyl groups is 1. The highest BCUT2D eigenvalue weighted by Gasteiger charge is 2.16. The predicted octanol–water partition coefficient (Wildman–Crippen LogP) is 3.38. The third-order valence-electron chi connectivity index (χ3n) is 3.86. The van der Waals surface area contributed by atoms with E-state index in [9.17, 15) is 9.90 Å². The third kappa shape index (κ3) is 3.07. The molecule has 0 radical (unpaired) electrons. The maximum Gasteiger partial charge on any atom is 0.256 e. The van der Waals surface area contributed by atoms with Crippen LogP contribution in [0.5, 0.6) is 5.75 Å². The minimum absolute atomic E-state index is 0.0451. The highest BCUT2D eigenvalue weighted by Crippen LogP contribution is 2.31. The van der Waals surface area contributed by atoms with Crippen molar-refractivity contribution in [2.24, 2.45) is 0 Å². The van der Waals surface area contributed by atoms with Crippen molar-refractivity contribution < 1.29 is 9.84 Å². The minimum atomic E-state index is -0.247. The number of ether oxygens (including phenoxy) is 1. The van der Waals surface area contributed by atoms with E-state index in [2.05, 4.69) is 0 Å². The Kier molecular flexibility index (Phi) is 5.39. The van der Waals surface area contributed by atoms with Crippen LogP contribution in [0.1, 0.15) is 38.8 Å². The summed E-state index contributed by atoms with van der Waals surface area (Å²) in [5, 5.41) is 9.36. The summed E-state index contributed by atoms with van der Waals surface area (Å²) >= 11 is 0. The van der Waals surface area contributed by atoms with Gasteiger partial charge in [0.05, 0.1) is 18.9 Å². The van der Waals surface area contributed by atoms with Crippen molar-refractivity contribution in [2.45, 2.75) is 39.8 Å². The summed E-state index contributed by atoms with van der Waals surface area (Å²) in [6.45, 7) is 6.31. The fourth-order valence-corrected chi connectivity index (χ4v) is 2.51. The lowest BCUT2D eigenvalue weighted by molar-refractivity contribution is 0.278. The Balaban J connectivity index is 2.70. The van der Waals surface area contributed by atoms with E-state index >= 15 is 0 Å². The molecule has 0 bridgehead atoms. The molecule has 0 saturated carbocycles. The van der Waals surface area contributed by atoms with Gasteiger partial charge < -0.3 is 14.4 Å². The fraction of sp³-hybridized carbons (Fsp3) is 0.389. The van der Waals surface area contributed by atoms with Crippen molar-refractivity contribution in [3.8, 4) is 17.0 Å². The zero-order chi connectivity index (χ0) is 16.1. The first-order valence-electron chi connectivity index (χ1n) is 7.71. The summed E-state index contributed by atoms with van der Waals surface area (Å²) in [7, 11) is 0. The number of hydrogen-bond donors (Lipinski definition) is 1. The van der Waals surface area contributed by atoms with E-state index in [1.165, 1.54) is 0 Å². The summed E-state index contributed by atoms with van der Waals surface area (Å²) < 4.78 is 7.44. The average molecular weight is 301 g/mol. The number of hydrogen-bond acceptors (Lipinski definition) is 3. The van der Waals surface area contributed by atoms with Gasteiger partial charge in [0.2, 0.25) is 0 Å². The molecule has 1 heterocycles. The van der Waals surface area contributed by atoms with E-state index < -0.39 is 0 Å². The second-order valence-corrected chi connectivity index (χ2v) is 5.26. The van der Waals surface area contributed by atoms with Crippen LogP contribution in [0.3, 0.4) is 0 Å². The molecule has 4 heteroatoms. The molecule has 1 aromatic heterocycles. The molecule has 118 valence electrons. The molecule has 1 aromatic carbocycles. The van der Waals surface area contributed by atoms with Crippen molar-refractivity contribution in [2.75, 3.05) is 6.61 Å². The van der Waals surface area contributed by atoms with E-state index in [1.807, 2.05) is 51.1 Å². The van der Waals surface area contributed by atoms with Crippen molar-refractivity contribution >= 4 is 0 Å². The molecule has 1 unspecified atom stereocenters. The zero-order valence-electron chi connectivity index (χ0n) is 13.4. The van der Waals surface area contributed by atoms with Crippen LogP contribution in [0.2, 0.25) is 0 Å². The number of para-hydroxylation sites is 1. The van der Waals surface area contributed by atoms with Crippen LogP contribution < -0.4 is 10.3 Å². The second-order valence-electron chi connectivity index (χ2n) is 5.26. The molecule has 0 fully saturated rings. The molecule has 2 aromatic rings. The van der Waals surface area contributed by atoms with Gasteiger partial charge in [0, 0.05) is 17.2 Å². The van der Waals surface area contributed by atoms with Gasteiger partial charge in [-0.1, -0.05) is 19.1 Å². The van der Waals surface area contributed by atoms with Gasteiger partial charge in [-0.15, -0.1) is 0 Å². The van der Waals surface area contributed by atoms with Crippen molar-refractivity contribution in [1.29, 1.82) is 0 Å². The smallest absolute Gasteiger partial charge is 0.256 e. The molecule has 1 atom stereocenters. The van der Waals surface area contributed by atoms with Crippen LogP contribution >= 0.6 is 0 Å². The topological polar surface area (TPSA) is 51.5 Å². The summed E-state index contributed by atoms with van der Waals surface area (Å²) in [5.74, 6) is 0.762. The van der Waals surface area contributed by atoms with Crippen LogP contribution in [0, 0.1) is 0 Å². The Bertz CT molecular complexity index is 691. The van der Waals surface area contributed by atoms with Crippen LogP contribution in [0.4, 0.5) is 0 Å². The summed E-state index contributed by atoms with van der Waals surface area (Å²) in [4.78, 5) is 12.6. The van der Waals surface area contributed by atoms with Gasteiger partial charge in [-0.25, -0.2) is 0 Å². The highest BCUT2D eigenvalue weighted by molar-refractivity contribution is 5.67. The van der Waals surface area contributed by atoms with Crippen molar-refractivity contribution in [3.05, 3.63) is 52.3 Å². The van der Waals surface area contributed by atoms with Crippen LogP contribution in [-0.2, 0) is 6.61 Å². The van der Waals surface area contributed by atoms with Gasteiger partial charge in [-0.3, -0.25) is 4.79 Å². The normalized spacial score (nSPS) is 12.2. The van der Waals surface area contributed by atoms with Crippen molar-refractivity contribution in [1.82, 2.24) is 4.57 Å². The molecule has 4 nitrogen and oxygen atoms in total. The molecular formula is C18H23NO3. The lowest BCUT2D eigenvalue weighted by Gasteiger charge is -2.21. The van der Waals surface area contributed by atoms with E-state index in [0.717, 1.165) is 23.4 Å². The second kappa shape index (κ2) is 7.27. The van der Waals surface area contributed by atoms with Gasteiger partial charge in [0.15, 0.2) is 0 Å². The average Bonchev–Trinajstić information content (AvgIpc) is 2.54.